The van der Waals surface area contributed by atoms with Crippen LogP contribution >= 0.6 is 11.6 Å². The number of halogens is 1. The van der Waals surface area contributed by atoms with Crippen LogP contribution in [-0.2, 0) is 11.3 Å². The van der Waals surface area contributed by atoms with E-state index in [9.17, 15) is 9.59 Å². The zero-order chi connectivity index (χ0) is 16.1. The third-order valence-corrected chi connectivity index (χ3v) is 3.55. The molecule has 0 aliphatic rings. The van der Waals surface area contributed by atoms with Crippen LogP contribution in [0.15, 0.2) is 36.7 Å². The Balaban J connectivity index is 2.03. The second-order valence-corrected chi connectivity index (χ2v) is 5.30. The number of aliphatic carboxylic acids is 1. The first-order valence-electron chi connectivity index (χ1n) is 6.70. The van der Waals surface area contributed by atoms with E-state index < -0.39 is 5.97 Å². The molecule has 0 fully saturated rings. The van der Waals surface area contributed by atoms with E-state index in [0.29, 0.717) is 17.1 Å². The first-order valence-corrected chi connectivity index (χ1v) is 7.08. The van der Waals surface area contributed by atoms with E-state index >= 15 is 0 Å². The van der Waals surface area contributed by atoms with Gasteiger partial charge in [0, 0.05) is 24.8 Å². The quantitative estimate of drug-likeness (QED) is 0.884. The minimum Gasteiger partial charge on any atom is -0.481 e. The number of hydrogen-bond donors (Lipinski definition) is 1. The minimum absolute atomic E-state index is 0.0873. The van der Waals surface area contributed by atoms with Gasteiger partial charge in [0.15, 0.2) is 0 Å². The fraction of sp³-hybridized carbons (Fsp3) is 0.267. The number of benzene rings is 1. The summed E-state index contributed by atoms with van der Waals surface area (Å²) in [5.74, 6) is -1.19. The van der Waals surface area contributed by atoms with E-state index in [1.165, 1.54) is 11.1 Å². The molecule has 0 atom stereocenters. The van der Waals surface area contributed by atoms with Crippen molar-refractivity contribution in [3.63, 3.8) is 0 Å². The fourth-order valence-electron chi connectivity index (χ4n) is 1.95. The highest BCUT2D eigenvalue weighted by molar-refractivity contribution is 6.31. The summed E-state index contributed by atoms with van der Waals surface area (Å²) >= 11 is 6.09. The van der Waals surface area contributed by atoms with Crippen molar-refractivity contribution in [2.45, 2.75) is 13.0 Å². The van der Waals surface area contributed by atoms with Crippen LogP contribution in [0.3, 0.4) is 0 Å². The van der Waals surface area contributed by atoms with Crippen LogP contribution in [-0.4, -0.2) is 45.3 Å². The maximum Gasteiger partial charge on any atom is 0.305 e. The normalized spacial score (nSPS) is 10.5. The third-order valence-electron chi connectivity index (χ3n) is 3.18. The molecule has 22 heavy (non-hydrogen) atoms. The van der Waals surface area contributed by atoms with Gasteiger partial charge in [-0.2, -0.15) is 5.10 Å². The zero-order valence-corrected chi connectivity index (χ0v) is 12.8. The number of carboxylic acid groups (broad SMARTS) is 1. The highest BCUT2D eigenvalue weighted by atomic mass is 35.5. The summed E-state index contributed by atoms with van der Waals surface area (Å²) in [4.78, 5) is 24.0. The molecule has 1 N–H and O–H groups in total. The summed E-state index contributed by atoms with van der Waals surface area (Å²) in [6.45, 7) is 0.621. The largest absolute Gasteiger partial charge is 0.481 e. The van der Waals surface area contributed by atoms with Crippen molar-refractivity contribution in [3.05, 3.63) is 52.8 Å². The van der Waals surface area contributed by atoms with Gasteiger partial charge < -0.3 is 10.0 Å². The Morgan fingerprint density at radius 3 is 2.77 bits per heavy atom. The SMILES string of the molecule is CN(CCC(=O)O)C(=O)c1cnn(Cc2ccccc2Cl)c1. The van der Waals surface area contributed by atoms with E-state index in [-0.39, 0.29) is 18.9 Å². The predicted octanol–water partition coefficient (Wildman–Crippen LogP) is 2.13. The Kier molecular flexibility index (Phi) is 5.16. The molecule has 1 aromatic carbocycles. The Morgan fingerprint density at radius 1 is 1.36 bits per heavy atom. The summed E-state index contributed by atoms with van der Waals surface area (Å²) < 4.78 is 1.62. The van der Waals surface area contributed by atoms with Gasteiger partial charge in [-0.15, -0.1) is 0 Å². The molecule has 2 aromatic rings. The van der Waals surface area contributed by atoms with Crippen molar-refractivity contribution >= 4 is 23.5 Å². The molecule has 7 heteroatoms. The average Bonchev–Trinajstić information content (AvgIpc) is 2.95. The van der Waals surface area contributed by atoms with Crippen LogP contribution in [0.4, 0.5) is 0 Å². The number of carbonyl (C=O) groups excluding carboxylic acids is 1. The van der Waals surface area contributed by atoms with Crippen LogP contribution in [0.1, 0.15) is 22.3 Å². The lowest BCUT2D eigenvalue weighted by Crippen LogP contribution is -2.28. The molecule has 0 aliphatic carbocycles. The average molecular weight is 322 g/mol. The van der Waals surface area contributed by atoms with Crippen molar-refractivity contribution in [1.29, 1.82) is 0 Å². The van der Waals surface area contributed by atoms with Crippen LogP contribution in [0.2, 0.25) is 5.02 Å². The minimum atomic E-state index is -0.936. The molecule has 116 valence electrons. The lowest BCUT2D eigenvalue weighted by atomic mass is 10.2. The van der Waals surface area contributed by atoms with Gasteiger partial charge in [-0.25, -0.2) is 0 Å². The Labute approximate surface area is 132 Å². The highest BCUT2D eigenvalue weighted by Crippen LogP contribution is 2.16. The molecule has 0 saturated heterocycles. The summed E-state index contributed by atoms with van der Waals surface area (Å²) in [7, 11) is 1.57. The number of carboxylic acids is 1. The molecule has 6 nitrogen and oxygen atoms in total. The Bertz CT molecular complexity index is 684. The molecule has 2 rings (SSSR count). The van der Waals surface area contributed by atoms with E-state index in [2.05, 4.69) is 5.10 Å². The Morgan fingerprint density at radius 2 is 2.09 bits per heavy atom. The first kappa shape index (κ1) is 16.0. The maximum absolute atomic E-state index is 12.1. The van der Waals surface area contributed by atoms with Gasteiger partial charge in [0.2, 0.25) is 0 Å². The van der Waals surface area contributed by atoms with Crippen LogP contribution in [0, 0.1) is 0 Å². The van der Waals surface area contributed by atoms with Gasteiger partial charge in [0.25, 0.3) is 5.91 Å². The lowest BCUT2D eigenvalue weighted by Gasteiger charge is -2.14. The summed E-state index contributed by atoms with van der Waals surface area (Å²) in [6, 6.07) is 7.42. The molecule has 0 saturated carbocycles. The number of hydrogen-bond acceptors (Lipinski definition) is 3. The standard InChI is InChI=1S/C15H16ClN3O3/c1-18(7-6-14(20)21)15(22)12-8-17-19(10-12)9-11-4-2-3-5-13(11)16/h2-5,8,10H,6-7,9H2,1H3,(H,20,21). The van der Waals surface area contributed by atoms with Crippen molar-refractivity contribution in [2.75, 3.05) is 13.6 Å². The van der Waals surface area contributed by atoms with E-state index in [1.54, 1.807) is 24.0 Å². The Hall–Kier alpha value is -2.34. The van der Waals surface area contributed by atoms with Crippen LogP contribution in [0.25, 0.3) is 0 Å². The second-order valence-electron chi connectivity index (χ2n) is 4.89. The van der Waals surface area contributed by atoms with Gasteiger partial charge in [0.05, 0.1) is 24.7 Å². The van der Waals surface area contributed by atoms with Crippen LogP contribution in [0.5, 0.6) is 0 Å². The maximum atomic E-state index is 12.1. The van der Waals surface area contributed by atoms with Gasteiger partial charge in [-0.05, 0) is 11.6 Å². The number of rotatable bonds is 6. The molecule has 0 spiro atoms. The van der Waals surface area contributed by atoms with Gasteiger partial charge in [0.1, 0.15) is 0 Å². The first-order chi connectivity index (χ1) is 10.5. The fourth-order valence-corrected chi connectivity index (χ4v) is 2.14. The van der Waals surface area contributed by atoms with Gasteiger partial charge in [-0.1, -0.05) is 29.8 Å². The number of aromatic nitrogens is 2. The van der Waals surface area contributed by atoms with E-state index in [4.69, 9.17) is 16.7 Å². The number of carbonyl (C=O) groups is 2. The number of amides is 1. The molecule has 1 aromatic heterocycles. The van der Waals surface area contributed by atoms with Crippen molar-refractivity contribution in [1.82, 2.24) is 14.7 Å². The molecular formula is C15H16ClN3O3. The van der Waals surface area contributed by atoms with Crippen LogP contribution < -0.4 is 0 Å². The predicted molar refractivity (Wildman–Crippen MR) is 82.0 cm³/mol. The highest BCUT2D eigenvalue weighted by Gasteiger charge is 2.15. The molecule has 1 amide bonds. The lowest BCUT2D eigenvalue weighted by molar-refractivity contribution is -0.137. The zero-order valence-electron chi connectivity index (χ0n) is 12.1. The second kappa shape index (κ2) is 7.09. The van der Waals surface area contributed by atoms with E-state index in [0.717, 1.165) is 5.56 Å². The molecular weight excluding hydrogens is 306 g/mol. The smallest absolute Gasteiger partial charge is 0.305 e. The summed E-state index contributed by atoms with van der Waals surface area (Å²) in [6.07, 6.45) is 3.01. The molecule has 0 bridgehead atoms. The summed E-state index contributed by atoms with van der Waals surface area (Å²) in [5.41, 5.74) is 1.32. The van der Waals surface area contributed by atoms with Crippen molar-refractivity contribution in [3.8, 4) is 0 Å². The van der Waals surface area contributed by atoms with Gasteiger partial charge in [-0.3, -0.25) is 14.3 Å². The molecule has 0 aliphatic heterocycles. The molecule has 0 unspecified atom stereocenters. The monoisotopic (exact) mass is 321 g/mol. The molecule has 1 heterocycles. The summed E-state index contributed by atoms with van der Waals surface area (Å²) in [5, 5.41) is 13.4. The number of nitrogens with zero attached hydrogens (tertiary/aromatic N) is 3. The topological polar surface area (TPSA) is 75.4 Å². The molecule has 0 radical (unpaired) electrons. The van der Waals surface area contributed by atoms with Gasteiger partial charge >= 0.3 is 5.97 Å². The van der Waals surface area contributed by atoms with Crippen molar-refractivity contribution in [2.24, 2.45) is 0 Å². The third kappa shape index (κ3) is 4.08. The van der Waals surface area contributed by atoms with Crippen molar-refractivity contribution < 1.29 is 14.7 Å². The van der Waals surface area contributed by atoms with E-state index in [1.807, 2.05) is 18.2 Å².